The molecule has 6 heteroatoms. The van der Waals surface area contributed by atoms with Crippen LogP contribution in [-0.2, 0) is 4.79 Å². The number of thioether (sulfide) groups is 1. The summed E-state index contributed by atoms with van der Waals surface area (Å²) in [5, 5.41) is 9.78. The first kappa shape index (κ1) is 15.9. The second-order valence-electron chi connectivity index (χ2n) is 5.62. The van der Waals surface area contributed by atoms with Crippen LogP contribution in [0.1, 0.15) is 26.3 Å². The van der Waals surface area contributed by atoms with Crippen molar-refractivity contribution in [3.05, 3.63) is 28.7 Å². The number of aromatic hydroxyl groups is 1. The van der Waals surface area contributed by atoms with Crippen LogP contribution in [0.2, 0.25) is 0 Å². The summed E-state index contributed by atoms with van der Waals surface area (Å²) in [7, 11) is 1.49. The van der Waals surface area contributed by atoms with Crippen LogP contribution in [0.25, 0.3) is 6.08 Å². The van der Waals surface area contributed by atoms with Crippen molar-refractivity contribution >= 4 is 40.3 Å². The predicted octanol–water partition coefficient (Wildman–Crippen LogP) is 3.40. The summed E-state index contributed by atoms with van der Waals surface area (Å²) >= 11 is 6.56. The van der Waals surface area contributed by atoms with Gasteiger partial charge in [0.25, 0.3) is 5.91 Å². The molecule has 1 N–H and O–H groups in total. The number of benzene rings is 1. The lowest BCUT2D eigenvalue weighted by atomic mass is 10.1. The number of phenolic OH excluding ortho intramolecular Hbond substituents is 1. The highest BCUT2D eigenvalue weighted by Gasteiger charge is 2.38. The number of carbonyl (C=O) groups is 1. The van der Waals surface area contributed by atoms with Crippen LogP contribution in [-0.4, -0.2) is 32.9 Å². The van der Waals surface area contributed by atoms with E-state index in [0.717, 1.165) is 5.56 Å². The first-order valence-corrected chi connectivity index (χ1v) is 7.61. The molecule has 21 heavy (non-hydrogen) atoms. The Bertz CT molecular complexity index is 632. The molecular formula is C15H17NO3S2. The number of ether oxygens (including phenoxy) is 1. The van der Waals surface area contributed by atoms with Crippen LogP contribution in [0.15, 0.2) is 23.1 Å². The Morgan fingerprint density at radius 2 is 2.05 bits per heavy atom. The molecule has 2 rings (SSSR count). The standard InChI is InChI=1S/C15H17NO3S2/c1-15(2,3)16-13(18)12(21-14(16)20)8-9-5-6-11(19-4)10(17)7-9/h5-8,17H,1-4H3/b12-8+. The Morgan fingerprint density at radius 1 is 1.38 bits per heavy atom. The Labute approximate surface area is 133 Å². The van der Waals surface area contributed by atoms with E-state index in [0.29, 0.717) is 15.0 Å². The van der Waals surface area contributed by atoms with E-state index < -0.39 is 0 Å². The van der Waals surface area contributed by atoms with Crippen molar-refractivity contribution in [3.8, 4) is 11.5 Å². The average molecular weight is 323 g/mol. The number of thiocarbonyl (C=S) groups is 1. The van der Waals surface area contributed by atoms with Crippen molar-refractivity contribution in [1.82, 2.24) is 4.90 Å². The second kappa shape index (κ2) is 5.69. The number of hydrogen-bond acceptors (Lipinski definition) is 5. The minimum absolute atomic E-state index is 0.0394. The maximum atomic E-state index is 12.4. The summed E-state index contributed by atoms with van der Waals surface area (Å²) in [5.74, 6) is 0.333. The predicted molar refractivity (Wildman–Crippen MR) is 89.4 cm³/mol. The fraction of sp³-hybridized carbons (Fsp3) is 0.333. The van der Waals surface area contributed by atoms with Crippen LogP contribution in [0.3, 0.4) is 0 Å². The highest BCUT2D eigenvalue weighted by molar-refractivity contribution is 8.26. The Kier molecular flexibility index (Phi) is 4.30. The van der Waals surface area contributed by atoms with Gasteiger partial charge in [0.15, 0.2) is 11.5 Å². The Balaban J connectivity index is 2.33. The van der Waals surface area contributed by atoms with Gasteiger partial charge in [-0.25, -0.2) is 0 Å². The van der Waals surface area contributed by atoms with E-state index in [-0.39, 0.29) is 17.2 Å². The van der Waals surface area contributed by atoms with Gasteiger partial charge in [-0.15, -0.1) is 0 Å². The normalized spacial score (nSPS) is 17.7. The first-order valence-electron chi connectivity index (χ1n) is 6.39. The number of phenols is 1. The molecule has 0 unspecified atom stereocenters. The van der Waals surface area contributed by atoms with Crippen molar-refractivity contribution in [2.45, 2.75) is 26.3 Å². The summed E-state index contributed by atoms with van der Waals surface area (Å²) in [6.07, 6.45) is 1.73. The maximum Gasteiger partial charge on any atom is 0.266 e. The number of amides is 1. The summed E-state index contributed by atoms with van der Waals surface area (Å²) in [4.78, 5) is 14.6. The average Bonchev–Trinajstić information content (AvgIpc) is 2.64. The zero-order chi connectivity index (χ0) is 15.8. The lowest BCUT2D eigenvalue weighted by Crippen LogP contribution is -2.44. The maximum absolute atomic E-state index is 12.4. The lowest BCUT2D eigenvalue weighted by Gasteiger charge is -2.30. The highest BCUT2D eigenvalue weighted by Crippen LogP contribution is 2.37. The van der Waals surface area contributed by atoms with Crippen LogP contribution in [0.4, 0.5) is 0 Å². The van der Waals surface area contributed by atoms with E-state index in [9.17, 15) is 9.90 Å². The van der Waals surface area contributed by atoms with E-state index in [2.05, 4.69) is 0 Å². The van der Waals surface area contributed by atoms with Gasteiger partial charge in [0.1, 0.15) is 4.32 Å². The molecule has 1 saturated heterocycles. The van der Waals surface area contributed by atoms with Gasteiger partial charge in [-0.1, -0.05) is 30.0 Å². The zero-order valence-corrected chi connectivity index (χ0v) is 14.0. The molecular weight excluding hydrogens is 306 g/mol. The number of nitrogens with zero attached hydrogens (tertiary/aromatic N) is 1. The molecule has 0 aromatic heterocycles. The topological polar surface area (TPSA) is 49.8 Å². The van der Waals surface area contributed by atoms with Gasteiger partial charge in [-0.05, 0) is 44.5 Å². The molecule has 0 spiro atoms. The third-order valence-electron chi connectivity index (χ3n) is 2.97. The largest absolute Gasteiger partial charge is 0.504 e. The van der Waals surface area contributed by atoms with Gasteiger partial charge in [-0.3, -0.25) is 9.69 Å². The number of carbonyl (C=O) groups excluding carboxylic acids is 1. The molecule has 112 valence electrons. The van der Waals surface area contributed by atoms with Crippen molar-refractivity contribution in [2.24, 2.45) is 0 Å². The zero-order valence-electron chi connectivity index (χ0n) is 12.3. The molecule has 1 fully saturated rings. The molecule has 1 heterocycles. The fourth-order valence-corrected chi connectivity index (χ4v) is 3.63. The summed E-state index contributed by atoms with van der Waals surface area (Å²) < 4.78 is 5.55. The third kappa shape index (κ3) is 3.22. The summed E-state index contributed by atoms with van der Waals surface area (Å²) in [6.45, 7) is 5.83. The summed E-state index contributed by atoms with van der Waals surface area (Å²) in [6, 6.07) is 5.00. The molecule has 4 nitrogen and oxygen atoms in total. The van der Waals surface area contributed by atoms with Gasteiger partial charge in [0, 0.05) is 5.54 Å². The van der Waals surface area contributed by atoms with Crippen molar-refractivity contribution in [2.75, 3.05) is 7.11 Å². The van der Waals surface area contributed by atoms with Gasteiger partial charge in [0.2, 0.25) is 0 Å². The first-order chi connectivity index (χ1) is 9.74. The quantitative estimate of drug-likeness (QED) is 0.668. The van der Waals surface area contributed by atoms with E-state index in [4.69, 9.17) is 17.0 Å². The van der Waals surface area contributed by atoms with Crippen LogP contribution >= 0.6 is 24.0 Å². The monoisotopic (exact) mass is 323 g/mol. The molecule has 0 saturated carbocycles. The van der Waals surface area contributed by atoms with Gasteiger partial charge < -0.3 is 9.84 Å². The van der Waals surface area contributed by atoms with E-state index in [1.807, 2.05) is 20.8 Å². The molecule has 1 aromatic rings. The smallest absolute Gasteiger partial charge is 0.266 e. The van der Waals surface area contributed by atoms with E-state index >= 15 is 0 Å². The molecule has 0 atom stereocenters. The van der Waals surface area contributed by atoms with Crippen LogP contribution in [0.5, 0.6) is 11.5 Å². The van der Waals surface area contributed by atoms with Crippen molar-refractivity contribution in [3.63, 3.8) is 0 Å². The van der Waals surface area contributed by atoms with Crippen molar-refractivity contribution in [1.29, 1.82) is 0 Å². The summed E-state index contributed by atoms with van der Waals surface area (Å²) in [5.41, 5.74) is 0.376. The fourth-order valence-electron chi connectivity index (χ4n) is 1.99. The van der Waals surface area contributed by atoms with Gasteiger partial charge in [0.05, 0.1) is 12.0 Å². The molecule has 1 aliphatic heterocycles. The van der Waals surface area contributed by atoms with Gasteiger partial charge in [-0.2, -0.15) is 0 Å². The molecule has 0 radical (unpaired) electrons. The van der Waals surface area contributed by atoms with Crippen molar-refractivity contribution < 1.29 is 14.6 Å². The Morgan fingerprint density at radius 3 is 2.52 bits per heavy atom. The lowest BCUT2D eigenvalue weighted by molar-refractivity contribution is -0.125. The highest BCUT2D eigenvalue weighted by atomic mass is 32.2. The van der Waals surface area contributed by atoms with Gasteiger partial charge >= 0.3 is 0 Å². The SMILES string of the molecule is COc1ccc(/C=C2/SC(=S)N(C(C)(C)C)C2=O)cc1O. The van der Waals surface area contributed by atoms with Crippen LogP contribution < -0.4 is 4.74 Å². The minimum Gasteiger partial charge on any atom is -0.504 e. The molecule has 0 aliphatic carbocycles. The van der Waals surface area contributed by atoms with E-state index in [1.54, 1.807) is 29.2 Å². The second-order valence-corrected chi connectivity index (χ2v) is 7.29. The molecule has 1 amide bonds. The number of rotatable bonds is 2. The van der Waals surface area contributed by atoms with Crippen LogP contribution in [0, 0.1) is 0 Å². The number of methoxy groups -OCH3 is 1. The molecule has 1 aliphatic rings. The third-order valence-corrected chi connectivity index (χ3v) is 4.27. The molecule has 1 aromatic carbocycles. The Hall–Kier alpha value is -1.53. The minimum atomic E-state index is -0.348. The molecule has 0 bridgehead atoms. The van der Waals surface area contributed by atoms with E-state index in [1.165, 1.54) is 18.9 Å². The number of hydrogen-bond donors (Lipinski definition) is 1.